The molecule has 0 atom stereocenters. The average molecular weight is 236 g/mol. The van der Waals surface area contributed by atoms with Crippen LogP contribution in [0, 0.1) is 6.92 Å². The number of hydrogen-bond donors (Lipinski definition) is 2. The third kappa shape index (κ3) is 3.98. The van der Waals surface area contributed by atoms with Crippen molar-refractivity contribution in [3.05, 3.63) is 15.8 Å². The summed E-state index contributed by atoms with van der Waals surface area (Å²) in [7, 11) is 0. The third-order valence-electron chi connectivity index (χ3n) is 1.41. The van der Waals surface area contributed by atoms with Crippen molar-refractivity contribution in [1.29, 1.82) is 0 Å². The van der Waals surface area contributed by atoms with Gasteiger partial charge in [0.15, 0.2) is 0 Å². The number of nitrogens with two attached hydrogens (primary N) is 1. The van der Waals surface area contributed by atoms with E-state index in [-0.39, 0.29) is 4.88 Å². The highest BCUT2D eigenvalue weighted by molar-refractivity contribution is 7.12. The zero-order valence-electron chi connectivity index (χ0n) is 8.21. The quantitative estimate of drug-likeness (QED) is 0.775. The first-order valence-electron chi connectivity index (χ1n) is 4.17. The maximum absolute atomic E-state index is 10.4. The van der Waals surface area contributed by atoms with Gasteiger partial charge in [-0.15, -0.1) is 22.9 Å². The molecule has 3 N–H and O–H groups in total. The Morgan fingerprint density at radius 2 is 2.21 bits per heavy atom. The van der Waals surface area contributed by atoms with Crippen molar-refractivity contribution in [2.75, 3.05) is 11.6 Å². The molecule has 1 aromatic rings. The molecule has 0 radical (unpaired) electrons. The average Bonchev–Trinajstić information content (AvgIpc) is 2.48. The van der Waals surface area contributed by atoms with Crippen LogP contribution in [0.1, 0.15) is 28.6 Å². The van der Waals surface area contributed by atoms with E-state index in [1.165, 1.54) is 0 Å². The van der Waals surface area contributed by atoms with Gasteiger partial charge in [-0.2, -0.15) is 0 Å². The topological polar surface area (TPSA) is 63.3 Å². The molecule has 0 amide bonds. The van der Waals surface area contributed by atoms with Crippen LogP contribution < -0.4 is 5.73 Å². The summed E-state index contributed by atoms with van der Waals surface area (Å²) in [5.41, 5.74) is 6.66. The molecule has 80 valence electrons. The van der Waals surface area contributed by atoms with Crippen LogP contribution in [0.3, 0.4) is 0 Å². The van der Waals surface area contributed by atoms with Gasteiger partial charge >= 0.3 is 5.97 Å². The van der Waals surface area contributed by atoms with Crippen LogP contribution in [0.4, 0.5) is 5.69 Å². The molecular weight excluding hydrogens is 222 g/mol. The summed E-state index contributed by atoms with van der Waals surface area (Å²) in [5.74, 6) is -0.157. The lowest BCUT2D eigenvalue weighted by Crippen LogP contribution is -1.97. The minimum Gasteiger partial charge on any atom is -0.477 e. The highest BCUT2D eigenvalue weighted by atomic mass is 35.5. The van der Waals surface area contributed by atoms with Crippen molar-refractivity contribution in [3.8, 4) is 0 Å². The van der Waals surface area contributed by atoms with Crippen molar-refractivity contribution in [1.82, 2.24) is 0 Å². The van der Waals surface area contributed by atoms with E-state index in [2.05, 4.69) is 0 Å². The van der Waals surface area contributed by atoms with Crippen molar-refractivity contribution in [2.45, 2.75) is 20.3 Å². The van der Waals surface area contributed by atoms with E-state index < -0.39 is 5.97 Å². The molecule has 0 aromatic carbocycles. The molecule has 0 saturated heterocycles. The lowest BCUT2D eigenvalue weighted by molar-refractivity contribution is 0.0703. The van der Waals surface area contributed by atoms with Crippen molar-refractivity contribution >= 4 is 34.6 Å². The summed E-state index contributed by atoms with van der Waals surface area (Å²) < 4.78 is 0. The molecule has 0 aliphatic heterocycles. The molecule has 14 heavy (non-hydrogen) atoms. The summed E-state index contributed by atoms with van der Waals surface area (Å²) in [6, 6.07) is 0. The van der Waals surface area contributed by atoms with Gasteiger partial charge in [0.05, 0.1) is 5.69 Å². The number of carboxylic acids is 1. The predicted octanol–water partition coefficient (Wildman–Crippen LogP) is 2.97. The normalized spacial score (nSPS) is 9.07. The summed E-state index contributed by atoms with van der Waals surface area (Å²) in [6.07, 6.45) is 1.08. The number of carboxylic acid groups (broad SMARTS) is 1. The zero-order valence-corrected chi connectivity index (χ0v) is 9.78. The van der Waals surface area contributed by atoms with Gasteiger partial charge in [0, 0.05) is 5.88 Å². The Bertz CT molecular complexity index is 297. The van der Waals surface area contributed by atoms with Crippen LogP contribution in [0.5, 0.6) is 0 Å². The van der Waals surface area contributed by atoms with Gasteiger partial charge in [0.25, 0.3) is 0 Å². The molecule has 3 nitrogen and oxygen atoms in total. The van der Waals surface area contributed by atoms with Gasteiger partial charge in [-0.3, -0.25) is 0 Å². The molecule has 1 heterocycles. The van der Waals surface area contributed by atoms with E-state index >= 15 is 0 Å². The van der Waals surface area contributed by atoms with Gasteiger partial charge < -0.3 is 10.8 Å². The number of nitrogen functional groups attached to an aromatic ring is 1. The Kier molecular flexibility index (Phi) is 6.32. The van der Waals surface area contributed by atoms with Gasteiger partial charge in [-0.25, -0.2) is 4.79 Å². The second-order valence-corrected chi connectivity index (χ2v) is 3.91. The fourth-order valence-corrected chi connectivity index (χ4v) is 1.43. The molecule has 0 spiro atoms. The summed E-state index contributed by atoms with van der Waals surface area (Å²) in [4.78, 5) is 10.6. The Morgan fingerprint density at radius 3 is 2.36 bits per heavy atom. The largest absolute Gasteiger partial charge is 0.477 e. The van der Waals surface area contributed by atoms with Gasteiger partial charge in [-0.1, -0.05) is 6.92 Å². The second-order valence-electron chi connectivity index (χ2n) is 2.66. The number of alkyl halides is 1. The highest BCUT2D eigenvalue weighted by Crippen LogP contribution is 2.23. The highest BCUT2D eigenvalue weighted by Gasteiger charge is 2.10. The maximum Gasteiger partial charge on any atom is 0.348 e. The Morgan fingerprint density at radius 1 is 1.71 bits per heavy atom. The predicted molar refractivity (Wildman–Crippen MR) is 61.4 cm³/mol. The lowest BCUT2D eigenvalue weighted by Gasteiger charge is -1.90. The number of aryl methyl sites for hydroxylation is 1. The van der Waals surface area contributed by atoms with Crippen LogP contribution >= 0.6 is 22.9 Å². The number of anilines is 1. The maximum atomic E-state index is 10.4. The van der Waals surface area contributed by atoms with E-state index in [9.17, 15) is 4.79 Å². The number of halogens is 1. The number of rotatable bonds is 2. The van der Waals surface area contributed by atoms with Gasteiger partial charge in [0.2, 0.25) is 0 Å². The summed E-state index contributed by atoms with van der Waals surface area (Å²) in [6.45, 7) is 3.84. The smallest absolute Gasteiger partial charge is 0.348 e. The molecule has 1 rings (SSSR count). The number of carbonyl (C=O) groups is 1. The summed E-state index contributed by atoms with van der Waals surface area (Å²) in [5, 5.41) is 10.2. The lowest BCUT2D eigenvalue weighted by atomic mass is 10.3. The fourth-order valence-electron chi connectivity index (χ4n) is 0.619. The first kappa shape index (κ1) is 13.3. The van der Waals surface area contributed by atoms with Gasteiger partial charge in [-0.05, 0) is 24.3 Å². The van der Waals surface area contributed by atoms with Crippen molar-refractivity contribution < 1.29 is 9.90 Å². The van der Waals surface area contributed by atoms with E-state index in [4.69, 9.17) is 22.4 Å². The molecule has 0 saturated carbocycles. The number of thiophene rings is 1. The first-order valence-corrected chi connectivity index (χ1v) is 5.58. The van der Waals surface area contributed by atoms with E-state index in [1.54, 1.807) is 12.3 Å². The van der Waals surface area contributed by atoms with Crippen LogP contribution in [0.2, 0.25) is 0 Å². The van der Waals surface area contributed by atoms with Crippen molar-refractivity contribution in [3.63, 3.8) is 0 Å². The Labute approximate surface area is 92.5 Å². The van der Waals surface area contributed by atoms with E-state index in [0.717, 1.165) is 29.2 Å². The molecule has 1 aromatic heterocycles. The first-order chi connectivity index (χ1) is 6.54. The number of hydrogen-bond acceptors (Lipinski definition) is 3. The van der Waals surface area contributed by atoms with Crippen LogP contribution in [-0.2, 0) is 0 Å². The standard InChI is InChI=1S/C6H7NO2S.C3H7Cl/c1-3-2-10-5(4(3)7)6(8)9;1-2-3-4/h2H,7H2,1H3,(H,8,9);2-3H2,1H3. The van der Waals surface area contributed by atoms with E-state index in [0.29, 0.717) is 5.69 Å². The molecule has 0 unspecified atom stereocenters. The van der Waals surface area contributed by atoms with Crippen LogP contribution in [-0.4, -0.2) is 17.0 Å². The molecule has 0 aliphatic rings. The zero-order chi connectivity index (χ0) is 11.1. The number of aromatic carboxylic acids is 1. The minimum atomic E-state index is -0.949. The molecular formula is C9H14ClNO2S. The van der Waals surface area contributed by atoms with Crippen molar-refractivity contribution in [2.24, 2.45) is 0 Å². The third-order valence-corrected chi connectivity index (χ3v) is 2.89. The minimum absolute atomic E-state index is 0.234. The SMILES string of the molecule is CCCCl.Cc1csc(C(=O)O)c1N. The summed E-state index contributed by atoms with van der Waals surface area (Å²) >= 11 is 6.35. The fraction of sp³-hybridized carbons (Fsp3) is 0.444. The van der Waals surface area contributed by atoms with Crippen LogP contribution in [0.25, 0.3) is 0 Å². The molecule has 0 fully saturated rings. The van der Waals surface area contributed by atoms with E-state index in [1.807, 2.05) is 6.92 Å². The second kappa shape index (κ2) is 6.68. The van der Waals surface area contributed by atoms with Gasteiger partial charge in [0.1, 0.15) is 4.88 Å². The molecule has 5 heteroatoms. The molecule has 0 bridgehead atoms. The van der Waals surface area contributed by atoms with Crippen LogP contribution in [0.15, 0.2) is 5.38 Å². The molecule has 0 aliphatic carbocycles. The Balaban J connectivity index is 0.000000364. The monoisotopic (exact) mass is 235 g/mol. The Hall–Kier alpha value is -0.740.